The number of hydrogen-bond donors (Lipinski definition) is 2. The van der Waals surface area contributed by atoms with E-state index >= 15 is 0 Å². The van der Waals surface area contributed by atoms with E-state index in [-0.39, 0.29) is 17.9 Å². The van der Waals surface area contributed by atoms with Crippen molar-refractivity contribution in [2.24, 2.45) is 0 Å². The van der Waals surface area contributed by atoms with Gasteiger partial charge in [-0.1, -0.05) is 67.8 Å². The molecule has 1 fully saturated rings. The number of anilines is 1. The molecule has 3 aromatic rings. The Morgan fingerprint density at radius 3 is 2.45 bits per heavy atom. The summed E-state index contributed by atoms with van der Waals surface area (Å²) in [5, 5.41) is 8.00. The molecule has 1 aliphatic rings. The van der Waals surface area contributed by atoms with Crippen molar-refractivity contribution >= 4 is 28.3 Å². The molecule has 0 aromatic heterocycles. The zero-order valence-electron chi connectivity index (χ0n) is 17.8. The van der Waals surface area contributed by atoms with Crippen molar-refractivity contribution in [1.82, 2.24) is 5.32 Å². The topological polar surface area (TPSA) is 67.4 Å². The summed E-state index contributed by atoms with van der Waals surface area (Å²) in [7, 11) is 0. The standard InChI is InChI=1S/C26H28N2O3/c1-18(31-24-17-9-11-19-10-5-6-14-21(19)24)25(29)28-23-16-8-7-15-22(23)26(30)27-20-12-3-2-4-13-20/h5-11,14-18,20H,2-4,12-13H2,1H3,(H,27,30)(H,28,29)/t18-/m0/s1. The molecule has 0 spiro atoms. The van der Waals surface area contributed by atoms with E-state index < -0.39 is 6.10 Å². The molecule has 31 heavy (non-hydrogen) atoms. The fourth-order valence-electron chi connectivity index (χ4n) is 4.08. The van der Waals surface area contributed by atoms with Crippen molar-refractivity contribution in [3.8, 4) is 5.75 Å². The number of carbonyl (C=O) groups excluding carboxylic acids is 2. The van der Waals surface area contributed by atoms with Crippen molar-refractivity contribution in [1.29, 1.82) is 0 Å². The summed E-state index contributed by atoms with van der Waals surface area (Å²) in [5.41, 5.74) is 0.966. The second-order valence-corrected chi connectivity index (χ2v) is 8.08. The predicted molar refractivity (Wildman–Crippen MR) is 123 cm³/mol. The largest absolute Gasteiger partial charge is 0.480 e. The fraction of sp³-hybridized carbons (Fsp3) is 0.308. The highest BCUT2D eigenvalue weighted by Crippen LogP contribution is 2.26. The number of rotatable bonds is 6. The minimum atomic E-state index is -0.722. The van der Waals surface area contributed by atoms with E-state index in [1.807, 2.05) is 54.6 Å². The molecule has 0 radical (unpaired) electrons. The van der Waals surface area contributed by atoms with E-state index in [0.717, 1.165) is 36.5 Å². The number of fused-ring (bicyclic) bond motifs is 1. The quantitative estimate of drug-likeness (QED) is 0.572. The van der Waals surface area contributed by atoms with E-state index in [4.69, 9.17) is 4.74 Å². The average Bonchev–Trinajstić information content (AvgIpc) is 2.80. The number of ether oxygens (including phenoxy) is 1. The van der Waals surface area contributed by atoms with Crippen LogP contribution in [0.2, 0.25) is 0 Å². The van der Waals surface area contributed by atoms with Gasteiger partial charge in [-0.3, -0.25) is 9.59 Å². The summed E-state index contributed by atoms with van der Waals surface area (Å²) in [6, 6.07) is 21.0. The molecule has 3 aromatic carbocycles. The van der Waals surface area contributed by atoms with Gasteiger partial charge >= 0.3 is 0 Å². The summed E-state index contributed by atoms with van der Waals surface area (Å²) in [5.74, 6) is 0.209. The summed E-state index contributed by atoms with van der Waals surface area (Å²) in [4.78, 5) is 25.7. The van der Waals surface area contributed by atoms with Gasteiger partial charge in [0.05, 0.1) is 11.3 Å². The Kier molecular flexibility index (Phi) is 6.51. The molecule has 0 bridgehead atoms. The predicted octanol–water partition coefficient (Wildman–Crippen LogP) is 5.31. The minimum absolute atomic E-state index is 0.148. The van der Waals surface area contributed by atoms with Crippen LogP contribution >= 0.6 is 0 Å². The van der Waals surface area contributed by atoms with Crippen LogP contribution in [0.1, 0.15) is 49.4 Å². The molecule has 2 amide bonds. The second-order valence-electron chi connectivity index (χ2n) is 8.08. The lowest BCUT2D eigenvalue weighted by molar-refractivity contribution is -0.122. The van der Waals surface area contributed by atoms with E-state index in [0.29, 0.717) is 17.0 Å². The molecule has 5 nitrogen and oxygen atoms in total. The first-order chi connectivity index (χ1) is 15.1. The summed E-state index contributed by atoms with van der Waals surface area (Å²) in [6.07, 6.45) is 4.82. The van der Waals surface area contributed by atoms with Gasteiger partial charge in [-0.05, 0) is 43.4 Å². The Hall–Kier alpha value is -3.34. The van der Waals surface area contributed by atoms with Gasteiger partial charge in [-0.2, -0.15) is 0 Å². The van der Waals surface area contributed by atoms with Crippen molar-refractivity contribution in [3.05, 3.63) is 72.3 Å². The highest BCUT2D eigenvalue weighted by atomic mass is 16.5. The number of carbonyl (C=O) groups is 2. The molecule has 160 valence electrons. The lowest BCUT2D eigenvalue weighted by Gasteiger charge is -2.23. The average molecular weight is 417 g/mol. The van der Waals surface area contributed by atoms with Gasteiger partial charge < -0.3 is 15.4 Å². The van der Waals surface area contributed by atoms with E-state index in [1.54, 1.807) is 19.1 Å². The second kappa shape index (κ2) is 9.65. The number of benzene rings is 3. The third-order valence-electron chi connectivity index (χ3n) is 5.79. The zero-order valence-corrected chi connectivity index (χ0v) is 17.8. The third kappa shape index (κ3) is 5.05. The molecule has 0 saturated heterocycles. The third-order valence-corrected chi connectivity index (χ3v) is 5.79. The lowest BCUT2D eigenvalue weighted by Crippen LogP contribution is -2.37. The number of amides is 2. The van der Waals surface area contributed by atoms with Crippen LogP contribution in [-0.4, -0.2) is 24.0 Å². The van der Waals surface area contributed by atoms with Crippen LogP contribution in [-0.2, 0) is 4.79 Å². The minimum Gasteiger partial charge on any atom is -0.480 e. The van der Waals surface area contributed by atoms with Gasteiger partial charge in [-0.25, -0.2) is 0 Å². The first-order valence-corrected chi connectivity index (χ1v) is 11.0. The first-order valence-electron chi connectivity index (χ1n) is 11.0. The van der Waals surface area contributed by atoms with Gasteiger partial charge in [0.1, 0.15) is 5.75 Å². The molecule has 0 heterocycles. The Morgan fingerprint density at radius 2 is 1.61 bits per heavy atom. The van der Waals surface area contributed by atoms with Gasteiger partial charge in [-0.15, -0.1) is 0 Å². The number of hydrogen-bond acceptors (Lipinski definition) is 3. The molecule has 0 unspecified atom stereocenters. The molecule has 5 heteroatoms. The smallest absolute Gasteiger partial charge is 0.265 e. The molecule has 1 atom stereocenters. The van der Waals surface area contributed by atoms with Crippen LogP contribution in [0.15, 0.2) is 66.7 Å². The van der Waals surface area contributed by atoms with Crippen LogP contribution in [0.4, 0.5) is 5.69 Å². The highest BCUT2D eigenvalue weighted by Gasteiger charge is 2.21. The van der Waals surface area contributed by atoms with Crippen LogP contribution in [0.25, 0.3) is 10.8 Å². The zero-order chi connectivity index (χ0) is 21.6. The maximum absolute atomic E-state index is 12.8. The van der Waals surface area contributed by atoms with E-state index in [9.17, 15) is 9.59 Å². The van der Waals surface area contributed by atoms with Gasteiger partial charge in [0.25, 0.3) is 11.8 Å². The van der Waals surface area contributed by atoms with Gasteiger partial charge in [0.2, 0.25) is 0 Å². The monoisotopic (exact) mass is 416 g/mol. The molecule has 1 aliphatic carbocycles. The van der Waals surface area contributed by atoms with Gasteiger partial charge in [0, 0.05) is 11.4 Å². The molecule has 1 saturated carbocycles. The highest BCUT2D eigenvalue weighted by molar-refractivity contribution is 6.04. The molecule has 4 rings (SSSR count). The summed E-state index contributed by atoms with van der Waals surface area (Å²) >= 11 is 0. The van der Waals surface area contributed by atoms with Crippen molar-refractivity contribution in [3.63, 3.8) is 0 Å². The van der Waals surface area contributed by atoms with E-state index in [1.165, 1.54) is 6.42 Å². The fourth-order valence-corrected chi connectivity index (χ4v) is 4.08. The maximum atomic E-state index is 12.8. The number of nitrogens with one attached hydrogen (secondary N) is 2. The van der Waals surface area contributed by atoms with Crippen LogP contribution < -0.4 is 15.4 Å². The summed E-state index contributed by atoms with van der Waals surface area (Å²) in [6.45, 7) is 1.71. The normalized spacial score (nSPS) is 15.3. The Balaban J connectivity index is 1.45. The SMILES string of the molecule is C[C@H](Oc1cccc2ccccc12)C(=O)Nc1ccccc1C(=O)NC1CCCCC1. The van der Waals surface area contributed by atoms with Crippen molar-refractivity contribution in [2.45, 2.75) is 51.2 Å². The van der Waals surface area contributed by atoms with Crippen LogP contribution in [0, 0.1) is 0 Å². The maximum Gasteiger partial charge on any atom is 0.265 e. The molecular formula is C26H28N2O3. The van der Waals surface area contributed by atoms with E-state index in [2.05, 4.69) is 10.6 Å². The molecular weight excluding hydrogens is 388 g/mol. The first kappa shape index (κ1) is 20.9. The number of para-hydroxylation sites is 1. The Labute approximate surface area is 182 Å². The Bertz CT molecular complexity index is 1070. The van der Waals surface area contributed by atoms with Gasteiger partial charge in [0.15, 0.2) is 6.10 Å². The van der Waals surface area contributed by atoms with Crippen molar-refractivity contribution in [2.75, 3.05) is 5.32 Å². The Morgan fingerprint density at radius 1 is 0.903 bits per heavy atom. The van der Waals surface area contributed by atoms with Crippen LogP contribution in [0.3, 0.4) is 0 Å². The molecule has 0 aliphatic heterocycles. The van der Waals surface area contributed by atoms with Crippen molar-refractivity contribution < 1.29 is 14.3 Å². The molecule has 2 N–H and O–H groups in total. The van der Waals surface area contributed by atoms with Crippen LogP contribution in [0.5, 0.6) is 5.75 Å². The summed E-state index contributed by atoms with van der Waals surface area (Å²) < 4.78 is 5.97. The lowest BCUT2D eigenvalue weighted by atomic mass is 9.95.